The Kier molecular flexibility index (Phi) is 8.11. The van der Waals surface area contributed by atoms with E-state index in [4.69, 9.17) is 9.47 Å². The Morgan fingerprint density at radius 2 is 2.00 bits per heavy atom. The molecule has 5 rings (SSSR count). The third kappa shape index (κ3) is 6.31. The minimum absolute atomic E-state index is 0.0184. The predicted octanol–water partition coefficient (Wildman–Crippen LogP) is 2.24. The largest absolute Gasteiger partial charge is 0.457 e. The first-order valence-electron chi connectivity index (χ1n) is 13.4. The van der Waals surface area contributed by atoms with Gasteiger partial charge >= 0.3 is 0 Å². The Hall–Kier alpha value is -4.25. The smallest absolute Gasteiger partial charge is 0.254 e. The van der Waals surface area contributed by atoms with Gasteiger partial charge in [-0.1, -0.05) is 18.2 Å². The van der Waals surface area contributed by atoms with Crippen LogP contribution in [0.5, 0.6) is 11.5 Å². The highest BCUT2D eigenvalue weighted by atomic mass is 16.5. The van der Waals surface area contributed by atoms with Gasteiger partial charge in [-0.25, -0.2) is 0 Å². The van der Waals surface area contributed by atoms with E-state index >= 15 is 0 Å². The monoisotopic (exact) mass is 546 g/mol. The van der Waals surface area contributed by atoms with Crippen LogP contribution in [-0.2, 0) is 34.4 Å². The van der Waals surface area contributed by atoms with Crippen LogP contribution in [0.15, 0.2) is 48.8 Å². The number of likely N-dealkylation sites (N-methyl/N-ethyl adjacent to an activating group) is 1. The molecule has 1 N–H and O–H groups in total. The summed E-state index contributed by atoms with van der Waals surface area (Å²) in [7, 11) is 3.43. The standard InChI is InChI=1S/C29H34N6O5/c1-19-7-8-21-14-25(19)40-22-6-4-5-20(13-22)17-39-24-11-12-35(28(37)10-9-26-32-30-18-34(26)3)15-23(24)31-27(36)16-33(2)29(21)38/h4-8,13-14,18,23-24H,9-12,15-17H2,1-3H3,(H,31,36)/t23-,24+/m0/s1. The van der Waals surface area contributed by atoms with Crippen molar-refractivity contribution < 1.29 is 23.9 Å². The molecule has 1 saturated heterocycles. The zero-order chi connectivity index (χ0) is 28.2. The van der Waals surface area contributed by atoms with Crippen molar-refractivity contribution in [3.8, 4) is 11.5 Å². The number of rotatable bonds is 3. The average Bonchev–Trinajstić information content (AvgIpc) is 3.35. The van der Waals surface area contributed by atoms with Crippen LogP contribution in [0.25, 0.3) is 0 Å². The molecule has 0 radical (unpaired) electrons. The lowest BCUT2D eigenvalue weighted by molar-refractivity contribution is -0.137. The van der Waals surface area contributed by atoms with Gasteiger partial charge < -0.3 is 29.2 Å². The maximum absolute atomic E-state index is 13.2. The van der Waals surface area contributed by atoms with Crippen LogP contribution in [0.1, 0.15) is 40.2 Å². The van der Waals surface area contributed by atoms with E-state index < -0.39 is 6.04 Å². The van der Waals surface area contributed by atoms with Crippen molar-refractivity contribution in [3.05, 3.63) is 71.3 Å². The Balaban J connectivity index is 1.35. The number of hydrogen-bond acceptors (Lipinski definition) is 7. The molecule has 2 aliphatic rings. The second-order valence-electron chi connectivity index (χ2n) is 10.4. The molecule has 3 amide bonds. The SMILES string of the molecule is Cc1ccc2cc1Oc1cccc(c1)CO[C@@H]1CCN(C(=O)CCc3nncn3C)C[C@@H]1NC(=O)CN(C)C2=O. The first-order valence-corrected chi connectivity index (χ1v) is 13.4. The van der Waals surface area contributed by atoms with Crippen molar-refractivity contribution in [1.29, 1.82) is 0 Å². The Morgan fingerprint density at radius 1 is 1.15 bits per heavy atom. The molecule has 2 aliphatic heterocycles. The summed E-state index contributed by atoms with van der Waals surface area (Å²) in [4.78, 5) is 42.4. The fourth-order valence-corrected chi connectivity index (χ4v) is 5.04. The van der Waals surface area contributed by atoms with Gasteiger partial charge in [0.25, 0.3) is 5.91 Å². The van der Waals surface area contributed by atoms with Gasteiger partial charge in [0.15, 0.2) is 0 Å². The summed E-state index contributed by atoms with van der Waals surface area (Å²) in [5, 5.41) is 11.0. The van der Waals surface area contributed by atoms with Crippen molar-refractivity contribution in [1.82, 2.24) is 29.9 Å². The van der Waals surface area contributed by atoms with Gasteiger partial charge in [0.1, 0.15) is 23.7 Å². The van der Waals surface area contributed by atoms with E-state index in [2.05, 4.69) is 15.5 Å². The van der Waals surface area contributed by atoms with Gasteiger partial charge in [-0.3, -0.25) is 14.4 Å². The molecule has 11 nitrogen and oxygen atoms in total. The van der Waals surface area contributed by atoms with Crippen LogP contribution >= 0.6 is 0 Å². The van der Waals surface area contributed by atoms with Gasteiger partial charge in [-0.05, 0) is 48.7 Å². The lowest BCUT2D eigenvalue weighted by atomic mass is 10.0. The number of ether oxygens (including phenoxy) is 2. The molecule has 1 fully saturated rings. The lowest BCUT2D eigenvalue weighted by Gasteiger charge is -2.39. The number of nitrogens with one attached hydrogen (secondary N) is 1. The van der Waals surface area contributed by atoms with Gasteiger partial charge in [-0.2, -0.15) is 0 Å². The molecular formula is C29H34N6O5. The molecule has 0 aliphatic carbocycles. The number of aromatic nitrogens is 3. The minimum atomic E-state index is -0.429. The molecule has 11 heteroatoms. The van der Waals surface area contributed by atoms with E-state index in [0.29, 0.717) is 56.0 Å². The lowest BCUT2D eigenvalue weighted by Crippen LogP contribution is -2.58. The van der Waals surface area contributed by atoms with Crippen LogP contribution in [0.3, 0.4) is 0 Å². The fourth-order valence-electron chi connectivity index (χ4n) is 5.04. The third-order valence-electron chi connectivity index (χ3n) is 7.37. The normalized spacial score (nSPS) is 20.0. The molecule has 40 heavy (non-hydrogen) atoms. The first-order chi connectivity index (χ1) is 19.3. The molecule has 4 bridgehead atoms. The first kappa shape index (κ1) is 27.3. The van der Waals surface area contributed by atoms with Gasteiger partial charge in [0.05, 0.1) is 25.3 Å². The number of carbonyl (C=O) groups is 3. The molecule has 3 aromatic rings. The van der Waals surface area contributed by atoms with Crippen molar-refractivity contribution in [2.24, 2.45) is 7.05 Å². The highest BCUT2D eigenvalue weighted by Gasteiger charge is 2.34. The molecule has 0 saturated carbocycles. The molecule has 0 unspecified atom stereocenters. The molecule has 1 aromatic heterocycles. The number of amides is 3. The van der Waals surface area contributed by atoms with Crippen LogP contribution in [-0.4, -0.2) is 81.1 Å². The summed E-state index contributed by atoms with van der Waals surface area (Å²) in [6.45, 7) is 2.94. The summed E-state index contributed by atoms with van der Waals surface area (Å²) >= 11 is 0. The summed E-state index contributed by atoms with van der Waals surface area (Å²) in [5.41, 5.74) is 2.24. The summed E-state index contributed by atoms with van der Waals surface area (Å²) in [6.07, 6.45) is 2.64. The number of likely N-dealkylation sites (tertiary alicyclic amines) is 1. The highest BCUT2D eigenvalue weighted by molar-refractivity contribution is 5.96. The van der Waals surface area contributed by atoms with E-state index in [1.165, 1.54) is 4.90 Å². The number of benzene rings is 2. The number of nitrogens with zero attached hydrogens (tertiary/aromatic N) is 5. The maximum Gasteiger partial charge on any atom is 0.254 e. The van der Waals surface area contributed by atoms with Crippen molar-refractivity contribution in [2.45, 2.75) is 44.9 Å². The Labute approximate surface area is 233 Å². The molecule has 2 atom stereocenters. The summed E-state index contributed by atoms with van der Waals surface area (Å²) in [6, 6.07) is 12.4. The van der Waals surface area contributed by atoms with Crippen LogP contribution in [0.4, 0.5) is 0 Å². The van der Waals surface area contributed by atoms with E-state index in [0.717, 1.165) is 17.0 Å². The number of fused-ring (bicyclic) bond motifs is 5. The summed E-state index contributed by atoms with van der Waals surface area (Å²) in [5.74, 6) is 1.32. The Bertz CT molecular complexity index is 1410. The maximum atomic E-state index is 13.2. The zero-order valence-corrected chi connectivity index (χ0v) is 23.0. The number of carbonyl (C=O) groups excluding carboxylic acids is 3. The quantitative estimate of drug-likeness (QED) is 0.535. The average molecular weight is 547 g/mol. The van der Waals surface area contributed by atoms with Crippen molar-refractivity contribution >= 4 is 17.7 Å². The molecular weight excluding hydrogens is 512 g/mol. The number of piperidine rings is 1. The molecule has 210 valence electrons. The zero-order valence-electron chi connectivity index (χ0n) is 23.0. The Morgan fingerprint density at radius 3 is 2.80 bits per heavy atom. The van der Waals surface area contributed by atoms with Crippen LogP contribution in [0, 0.1) is 6.92 Å². The van der Waals surface area contributed by atoms with E-state index in [9.17, 15) is 14.4 Å². The second-order valence-corrected chi connectivity index (χ2v) is 10.4. The van der Waals surface area contributed by atoms with Crippen molar-refractivity contribution in [3.63, 3.8) is 0 Å². The number of aryl methyl sites for hydroxylation is 3. The molecule has 0 spiro atoms. The molecule has 3 heterocycles. The summed E-state index contributed by atoms with van der Waals surface area (Å²) < 4.78 is 14.2. The van der Waals surface area contributed by atoms with E-state index in [1.54, 1.807) is 35.0 Å². The van der Waals surface area contributed by atoms with Gasteiger partial charge in [-0.15, -0.1) is 10.2 Å². The van der Waals surface area contributed by atoms with Gasteiger partial charge in [0.2, 0.25) is 11.8 Å². The van der Waals surface area contributed by atoms with Crippen LogP contribution < -0.4 is 10.1 Å². The third-order valence-corrected chi connectivity index (χ3v) is 7.37. The predicted molar refractivity (Wildman–Crippen MR) is 146 cm³/mol. The van der Waals surface area contributed by atoms with Crippen LogP contribution in [0.2, 0.25) is 0 Å². The highest BCUT2D eigenvalue weighted by Crippen LogP contribution is 2.28. The second kappa shape index (κ2) is 11.9. The van der Waals surface area contributed by atoms with Crippen molar-refractivity contribution in [2.75, 3.05) is 26.7 Å². The topological polar surface area (TPSA) is 119 Å². The number of hydrogen-bond donors (Lipinski definition) is 1. The van der Waals surface area contributed by atoms with E-state index in [1.807, 2.05) is 44.3 Å². The van der Waals surface area contributed by atoms with Gasteiger partial charge in [0, 0.05) is 45.6 Å². The minimum Gasteiger partial charge on any atom is -0.457 e. The fraction of sp³-hybridized carbons (Fsp3) is 0.414. The van der Waals surface area contributed by atoms with E-state index in [-0.39, 0.29) is 30.4 Å². The molecule has 2 aromatic carbocycles.